The Morgan fingerprint density at radius 3 is 2.93 bits per heavy atom. The minimum Gasteiger partial charge on any atom is -0.482 e. The third-order valence-electron chi connectivity index (χ3n) is 4.18. The number of rotatable bonds is 7. The Labute approximate surface area is 163 Å². The van der Waals surface area contributed by atoms with E-state index in [4.69, 9.17) is 4.74 Å². The van der Waals surface area contributed by atoms with E-state index >= 15 is 0 Å². The molecule has 0 spiro atoms. The molecule has 0 saturated heterocycles. The molecule has 0 aliphatic carbocycles. The molecule has 1 aromatic heterocycles. The van der Waals surface area contributed by atoms with Crippen LogP contribution in [0.4, 0.5) is 5.69 Å². The molecule has 1 aliphatic rings. The molecule has 8 heteroatoms. The van der Waals surface area contributed by atoms with Gasteiger partial charge in [0.2, 0.25) is 0 Å². The molecule has 0 radical (unpaired) electrons. The second-order valence-corrected chi connectivity index (χ2v) is 7.52. The van der Waals surface area contributed by atoms with Crippen LogP contribution in [-0.4, -0.2) is 50.1 Å². The van der Waals surface area contributed by atoms with Crippen molar-refractivity contribution < 1.29 is 9.53 Å². The maximum atomic E-state index is 12.2. The van der Waals surface area contributed by atoms with Gasteiger partial charge >= 0.3 is 0 Å². The van der Waals surface area contributed by atoms with Crippen LogP contribution in [0.15, 0.2) is 35.5 Å². The van der Waals surface area contributed by atoms with Gasteiger partial charge in [-0.25, -0.2) is 4.98 Å². The highest BCUT2D eigenvalue weighted by atomic mass is 32.1. The molecule has 1 aromatic carbocycles. The number of carbonyl (C=O) groups excluding carboxylic acids is 1. The van der Waals surface area contributed by atoms with Crippen LogP contribution in [0.3, 0.4) is 0 Å². The summed E-state index contributed by atoms with van der Waals surface area (Å²) in [6.07, 6.45) is 3.59. The number of thiazole rings is 1. The minimum absolute atomic E-state index is 0.00468. The van der Waals surface area contributed by atoms with Gasteiger partial charge in [-0.1, -0.05) is 12.1 Å². The van der Waals surface area contributed by atoms with Crippen LogP contribution < -0.4 is 20.3 Å². The Hall–Kier alpha value is -2.61. The monoisotopic (exact) mass is 387 g/mol. The topological polar surface area (TPSA) is 78.9 Å². The van der Waals surface area contributed by atoms with Crippen molar-refractivity contribution in [1.29, 1.82) is 0 Å². The minimum atomic E-state index is -0.00468. The van der Waals surface area contributed by atoms with Crippen molar-refractivity contribution in [3.63, 3.8) is 0 Å². The third-order valence-corrected chi connectivity index (χ3v) is 5.16. The lowest BCUT2D eigenvalue weighted by Gasteiger charge is -2.29. The Balaban J connectivity index is 1.40. The molecule has 2 heterocycles. The fourth-order valence-corrected chi connectivity index (χ4v) is 3.66. The average molecular weight is 388 g/mol. The van der Waals surface area contributed by atoms with E-state index in [0.29, 0.717) is 6.54 Å². The Kier molecular flexibility index (Phi) is 6.64. The van der Waals surface area contributed by atoms with E-state index in [9.17, 15) is 4.79 Å². The number of hydrogen-bond acceptors (Lipinski definition) is 5. The van der Waals surface area contributed by atoms with Gasteiger partial charge in [0.15, 0.2) is 12.6 Å². The average Bonchev–Trinajstić information content (AvgIpc) is 3.10. The number of ether oxygens (including phenoxy) is 1. The summed E-state index contributed by atoms with van der Waals surface area (Å²) in [5.74, 6) is 1.52. The number of aryl methyl sites for hydroxylation is 1. The van der Waals surface area contributed by atoms with Crippen molar-refractivity contribution in [3.8, 4) is 5.75 Å². The van der Waals surface area contributed by atoms with Gasteiger partial charge in [0, 0.05) is 44.2 Å². The molecule has 0 atom stereocenters. The second-order valence-electron chi connectivity index (χ2n) is 6.20. The summed E-state index contributed by atoms with van der Waals surface area (Å²) in [4.78, 5) is 23.8. The predicted octanol–water partition coefficient (Wildman–Crippen LogP) is 1.97. The van der Waals surface area contributed by atoms with Gasteiger partial charge < -0.3 is 20.3 Å². The van der Waals surface area contributed by atoms with E-state index in [0.717, 1.165) is 48.3 Å². The highest BCUT2D eigenvalue weighted by molar-refractivity contribution is 7.11. The summed E-state index contributed by atoms with van der Waals surface area (Å²) in [5, 5.41) is 7.71. The molecule has 1 aliphatic heterocycles. The smallest absolute Gasteiger partial charge is 0.265 e. The molecule has 144 valence electrons. The first-order chi connectivity index (χ1) is 13.2. The first-order valence-electron chi connectivity index (χ1n) is 9.05. The van der Waals surface area contributed by atoms with Gasteiger partial charge in [0.1, 0.15) is 5.75 Å². The number of nitrogens with one attached hydrogen (secondary N) is 2. The molecule has 1 amide bonds. The third kappa shape index (κ3) is 5.19. The first kappa shape index (κ1) is 19.2. The van der Waals surface area contributed by atoms with E-state index < -0.39 is 0 Å². The van der Waals surface area contributed by atoms with Crippen LogP contribution in [0, 0.1) is 6.92 Å². The van der Waals surface area contributed by atoms with Crippen LogP contribution in [-0.2, 0) is 11.2 Å². The molecule has 27 heavy (non-hydrogen) atoms. The van der Waals surface area contributed by atoms with Crippen molar-refractivity contribution in [2.75, 3.05) is 38.2 Å². The Morgan fingerprint density at radius 2 is 2.15 bits per heavy atom. The number of benzene rings is 1. The fraction of sp³-hybridized carbons (Fsp3) is 0.421. The molecule has 2 aromatic rings. The lowest BCUT2D eigenvalue weighted by atomic mass is 10.2. The number of carbonyl (C=O) groups is 1. The molecule has 0 bridgehead atoms. The number of anilines is 1. The fourth-order valence-electron chi connectivity index (χ4n) is 2.87. The van der Waals surface area contributed by atoms with Crippen molar-refractivity contribution in [3.05, 3.63) is 40.3 Å². The summed E-state index contributed by atoms with van der Waals surface area (Å²) in [6.45, 7) is 4.31. The zero-order valence-corrected chi connectivity index (χ0v) is 16.5. The molecular weight excluding hydrogens is 362 g/mol. The molecule has 0 fully saturated rings. The standard InChI is InChI=1S/C19H25N5O2S/c1-14-12-23-17(27-14)8-10-22-19(20-2)21-9-5-11-24-15-6-3-4-7-16(15)26-13-18(24)25/h3-4,6-7,12H,5,8-11,13H2,1-2H3,(H2,20,21,22). The van der Waals surface area contributed by atoms with E-state index in [1.54, 1.807) is 23.3 Å². The molecule has 2 N–H and O–H groups in total. The lowest BCUT2D eigenvalue weighted by molar-refractivity contribution is -0.121. The number of para-hydroxylation sites is 2. The maximum Gasteiger partial charge on any atom is 0.265 e. The van der Waals surface area contributed by atoms with Gasteiger partial charge in [0.25, 0.3) is 5.91 Å². The number of aliphatic imine (C=N–C) groups is 1. The number of aromatic nitrogens is 1. The van der Waals surface area contributed by atoms with Gasteiger partial charge in [-0.3, -0.25) is 9.79 Å². The number of guanidine groups is 1. The Morgan fingerprint density at radius 1 is 1.33 bits per heavy atom. The van der Waals surface area contributed by atoms with Crippen molar-refractivity contribution in [2.45, 2.75) is 19.8 Å². The first-order valence-corrected chi connectivity index (χ1v) is 9.87. The second kappa shape index (κ2) is 9.36. The van der Waals surface area contributed by atoms with E-state index in [1.165, 1.54) is 4.88 Å². The molecular formula is C19H25N5O2S. The summed E-state index contributed by atoms with van der Waals surface area (Å²) >= 11 is 1.72. The number of nitrogens with zero attached hydrogens (tertiary/aromatic N) is 3. The Bertz CT molecular complexity index is 805. The summed E-state index contributed by atoms with van der Waals surface area (Å²) in [6, 6.07) is 7.64. The highest BCUT2D eigenvalue weighted by Gasteiger charge is 2.24. The number of fused-ring (bicyclic) bond motifs is 1. The van der Waals surface area contributed by atoms with Gasteiger partial charge in [-0.15, -0.1) is 11.3 Å². The van der Waals surface area contributed by atoms with Crippen LogP contribution in [0.25, 0.3) is 0 Å². The van der Waals surface area contributed by atoms with Crippen molar-refractivity contribution >= 4 is 28.9 Å². The zero-order valence-electron chi connectivity index (χ0n) is 15.7. The van der Waals surface area contributed by atoms with Gasteiger partial charge in [-0.2, -0.15) is 0 Å². The number of amides is 1. The number of hydrogen-bond donors (Lipinski definition) is 2. The molecule has 7 nitrogen and oxygen atoms in total. The molecule has 0 unspecified atom stereocenters. The van der Waals surface area contributed by atoms with E-state index in [2.05, 4.69) is 27.5 Å². The van der Waals surface area contributed by atoms with Gasteiger partial charge in [0.05, 0.1) is 10.7 Å². The van der Waals surface area contributed by atoms with Gasteiger partial charge in [-0.05, 0) is 25.5 Å². The largest absolute Gasteiger partial charge is 0.482 e. The van der Waals surface area contributed by atoms with E-state index in [-0.39, 0.29) is 12.5 Å². The van der Waals surface area contributed by atoms with Crippen molar-refractivity contribution in [2.24, 2.45) is 4.99 Å². The van der Waals surface area contributed by atoms with Crippen LogP contribution in [0.5, 0.6) is 5.75 Å². The summed E-state index contributed by atoms with van der Waals surface area (Å²) in [7, 11) is 1.75. The quantitative estimate of drug-likeness (QED) is 0.431. The molecule has 0 saturated carbocycles. The van der Waals surface area contributed by atoms with Crippen LogP contribution >= 0.6 is 11.3 Å². The van der Waals surface area contributed by atoms with E-state index in [1.807, 2.05) is 30.5 Å². The normalized spacial score (nSPS) is 13.9. The van der Waals surface area contributed by atoms with Crippen LogP contribution in [0.2, 0.25) is 0 Å². The van der Waals surface area contributed by atoms with Crippen molar-refractivity contribution in [1.82, 2.24) is 15.6 Å². The highest BCUT2D eigenvalue weighted by Crippen LogP contribution is 2.31. The summed E-state index contributed by atoms with van der Waals surface area (Å²) in [5.41, 5.74) is 0.843. The van der Waals surface area contributed by atoms with Crippen LogP contribution in [0.1, 0.15) is 16.3 Å². The summed E-state index contributed by atoms with van der Waals surface area (Å²) < 4.78 is 5.47. The molecule has 3 rings (SSSR count). The zero-order chi connectivity index (χ0) is 19.1. The lowest BCUT2D eigenvalue weighted by Crippen LogP contribution is -2.42. The predicted molar refractivity (Wildman–Crippen MR) is 109 cm³/mol. The maximum absolute atomic E-state index is 12.2. The SMILES string of the molecule is CN=C(NCCCN1C(=O)COc2ccccc21)NCCc1ncc(C)s1.